The standard InChI is InChI=1S/C22H16O8S3/c23-31(24,20-15-14-17-8-4-5-9-18(17)16-20)29-21-12-6-7-13-22(21)33(27,28)30-32(25,26)19-10-2-1-3-11-19/h1-16H. The highest BCUT2D eigenvalue weighted by Crippen LogP contribution is 2.30. The second-order valence-corrected chi connectivity index (χ2v) is 11.6. The van der Waals surface area contributed by atoms with E-state index < -0.39 is 41.0 Å². The van der Waals surface area contributed by atoms with Gasteiger partial charge in [0.05, 0.1) is 4.90 Å². The Morgan fingerprint density at radius 3 is 1.82 bits per heavy atom. The molecule has 0 spiro atoms. The first-order valence-electron chi connectivity index (χ1n) is 9.37. The smallest absolute Gasteiger partial charge is 0.339 e. The third kappa shape index (κ3) is 4.91. The number of para-hydroxylation sites is 1. The molecule has 0 amide bonds. The van der Waals surface area contributed by atoms with Crippen LogP contribution in [0.3, 0.4) is 0 Å². The van der Waals surface area contributed by atoms with E-state index in [1.165, 1.54) is 36.4 Å². The molecule has 11 heteroatoms. The number of hydrogen-bond donors (Lipinski definition) is 0. The minimum absolute atomic E-state index is 0.203. The molecule has 0 aromatic heterocycles. The van der Waals surface area contributed by atoms with Crippen molar-refractivity contribution >= 4 is 41.1 Å². The predicted molar refractivity (Wildman–Crippen MR) is 120 cm³/mol. The van der Waals surface area contributed by atoms with Crippen LogP contribution in [-0.4, -0.2) is 25.3 Å². The summed E-state index contributed by atoms with van der Waals surface area (Å²) in [6.45, 7) is 0. The van der Waals surface area contributed by atoms with Crippen LogP contribution in [0.1, 0.15) is 0 Å². The minimum atomic E-state index is -4.96. The van der Waals surface area contributed by atoms with Crippen LogP contribution < -0.4 is 4.18 Å². The first-order valence-corrected chi connectivity index (χ1v) is 13.6. The molecule has 0 fully saturated rings. The van der Waals surface area contributed by atoms with E-state index in [9.17, 15) is 25.3 Å². The Balaban J connectivity index is 1.69. The summed E-state index contributed by atoms with van der Waals surface area (Å²) in [5.41, 5.74) is 0. The van der Waals surface area contributed by atoms with Crippen LogP contribution in [0.15, 0.2) is 112 Å². The molecule has 0 atom stereocenters. The van der Waals surface area contributed by atoms with Gasteiger partial charge in [0, 0.05) is 0 Å². The van der Waals surface area contributed by atoms with E-state index in [0.29, 0.717) is 5.39 Å². The molecule has 33 heavy (non-hydrogen) atoms. The summed E-state index contributed by atoms with van der Waals surface area (Å²) in [6, 6.07) is 22.7. The number of hydrogen-bond acceptors (Lipinski definition) is 8. The lowest BCUT2D eigenvalue weighted by Gasteiger charge is -2.12. The molecule has 0 saturated carbocycles. The zero-order valence-electron chi connectivity index (χ0n) is 16.7. The summed E-state index contributed by atoms with van der Waals surface area (Å²) in [5, 5.41) is 1.44. The zero-order valence-corrected chi connectivity index (χ0v) is 19.2. The molecule has 170 valence electrons. The van der Waals surface area contributed by atoms with Gasteiger partial charge in [-0.2, -0.15) is 25.3 Å². The van der Waals surface area contributed by atoms with E-state index in [1.54, 1.807) is 36.4 Å². The highest BCUT2D eigenvalue weighted by atomic mass is 32.3. The molecule has 0 aliphatic heterocycles. The fourth-order valence-corrected chi connectivity index (χ4v) is 6.68. The molecule has 0 aliphatic carbocycles. The van der Waals surface area contributed by atoms with Crippen molar-refractivity contribution in [1.82, 2.24) is 0 Å². The molecule has 0 heterocycles. The summed E-state index contributed by atoms with van der Waals surface area (Å²) in [5.74, 6) is -0.603. The van der Waals surface area contributed by atoms with Crippen molar-refractivity contribution in [2.75, 3.05) is 0 Å². The van der Waals surface area contributed by atoms with Gasteiger partial charge in [0.2, 0.25) is 0 Å². The van der Waals surface area contributed by atoms with Gasteiger partial charge in [-0.15, -0.1) is 3.63 Å². The molecule has 4 aromatic carbocycles. The maximum atomic E-state index is 12.9. The number of benzene rings is 4. The summed E-state index contributed by atoms with van der Waals surface area (Å²) in [6.07, 6.45) is 0. The van der Waals surface area contributed by atoms with Gasteiger partial charge >= 0.3 is 30.4 Å². The summed E-state index contributed by atoms with van der Waals surface area (Å²) < 4.78 is 85.6. The molecular formula is C22H16O8S3. The molecular weight excluding hydrogens is 488 g/mol. The molecule has 8 nitrogen and oxygen atoms in total. The fourth-order valence-electron chi connectivity index (χ4n) is 3.00. The normalized spacial score (nSPS) is 12.5. The lowest BCUT2D eigenvalue weighted by atomic mass is 10.1. The highest BCUT2D eigenvalue weighted by Gasteiger charge is 2.31. The Morgan fingerprint density at radius 1 is 0.485 bits per heavy atom. The van der Waals surface area contributed by atoms with Crippen LogP contribution in [0.2, 0.25) is 0 Å². The lowest BCUT2D eigenvalue weighted by Crippen LogP contribution is -2.17. The predicted octanol–water partition coefficient (Wildman–Crippen LogP) is 3.70. The van der Waals surface area contributed by atoms with E-state index in [2.05, 4.69) is 3.63 Å². The highest BCUT2D eigenvalue weighted by molar-refractivity contribution is 8.00. The minimum Gasteiger partial charge on any atom is -0.377 e. The van der Waals surface area contributed by atoms with Crippen LogP contribution in [0.5, 0.6) is 5.75 Å². The van der Waals surface area contributed by atoms with Gasteiger partial charge in [0.1, 0.15) is 9.79 Å². The first-order chi connectivity index (χ1) is 15.6. The van der Waals surface area contributed by atoms with E-state index in [-0.39, 0.29) is 9.79 Å². The van der Waals surface area contributed by atoms with Gasteiger partial charge in [-0.1, -0.05) is 60.7 Å². The Kier molecular flexibility index (Phi) is 5.97. The second-order valence-electron chi connectivity index (χ2n) is 6.78. The quantitative estimate of drug-likeness (QED) is 0.349. The van der Waals surface area contributed by atoms with Gasteiger partial charge in [-0.25, -0.2) is 0 Å². The lowest BCUT2D eigenvalue weighted by molar-refractivity contribution is 0.454. The van der Waals surface area contributed by atoms with Gasteiger partial charge in [-0.05, 0) is 47.2 Å². The molecule has 0 bridgehead atoms. The van der Waals surface area contributed by atoms with Crippen LogP contribution in [-0.2, 0) is 34.0 Å². The molecule has 4 aromatic rings. The molecule has 0 saturated heterocycles. The molecule has 0 aliphatic rings. The Morgan fingerprint density at radius 2 is 1.09 bits per heavy atom. The summed E-state index contributed by atoms with van der Waals surface area (Å²) >= 11 is 0. The largest absolute Gasteiger partial charge is 0.377 e. The Labute approximate surface area is 191 Å². The van der Waals surface area contributed by atoms with E-state index >= 15 is 0 Å². The van der Waals surface area contributed by atoms with Crippen molar-refractivity contribution in [2.24, 2.45) is 0 Å². The topological polar surface area (TPSA) is 121 Å². The van der Waals surface area contributed by atoms with E-state index in [0.717, 1.165) is 29.7 Å². The van der Waals surface area contributed by atoms with E-state index in [4.69, 9.17) is 4.18 Å². The molecule has 0 N–H and O–H groups in total. The van der Waals surface area contributed by atoms with Crippen molar-refractivity contribution < 1.29 is 33.1 Å². The van der Waals surface area contributed by atoms with Crippen LogP contribution in [0.4, 0.5) is 0 Å². The summed E-state index contributed by atoms with van der Waals surface area (Å²) in [4.78, 5) is -1.34. The molecule has 0 radical (unpaired) electrons. The third-order valence-electron chi connectivity index (χ3n) is 4.54. The average molecular weight is 505 g/mol. The zero-order chi connectivity index (χ0) is 23.7. The maximum absolute atomic E-state index is 12.9. The first kappa shape index (κ1) is 22.9. The Bertz CT molecular complexity index is 1640. The van der Waals surface area contributed by atoms with Gasteiger partial charge in [0.25, 0.3) is 0 Å². The average Bonchev–Trinajstić information content (AvgIpc) is 2.78. The number of rotatable bonds is 7. The SMILES string of the molecule is O=S(=O)(Oc1ccccc1S(=O)(=O)OS(=O)(=O)c1ccccc1)c1ccc2ccccc2c1. The van der Waals surface area contributed by atoms with Gasteiger partial charge in [0.15, 0.2) is 5.75 Å². The van der Waals surface area contributed by atoms with Crippen molar-refractivity contribution in [3.8, 4) is 5.75 Å². The second kappa shape index (κ2) is 8.60. The van der Waals surface area contributed by atoms with Crippen molar-refractivity contribution in [1.29, 1.82) is 0 Å². The van der Waals surface area contributed by atoms with Crippen molar-refractivity contribution in [2.45, 2.75) is 14.7 Å². The van der Waals surface area contributed by atoms with Crippen LogP contribution >= 0.6 is 0 Å². The van der Waals surface area contributed by atoms with E-state index in [1.807, 2.05) is 0 Å². The molecule has 4 rings (SSSR count). The van der Waals surface area contributed by atoms with Crippen molar-refractivity contribution in [3.63, 3.8) is 0 Å². The third-order valence-corrected chi connectivity index (χ3v) is 8.93. The van der Waals surface area contributed by atoms with Gasteiger partial charge in [-0.3, -0.25) is 0 Å². The number of fused-ring (bicyclic) bond motifs is 1. The van der Waals surface area contributed by atoms with Crippen molar-refractivity contribution in [3.05, 3.63) is 97.1 Å². The summed E-state index contributed by atoms with van der Waals surface area (Å²) in [7, 11) is -14.1. The van der Waals surface area contributed by atoms with Crippen LogP contribution in [0.25, 0.3) is 10.8 Å². The van der Waals surface area contributed by atoms with Crippen LogP contribution in [0, 0.1) is 0 Å². The Hall–Kier alpha value is -3.25. The fraction of sp³-hybridized carbons (Fsp3) is 0. The maximum Gasteiger partial charge on any atom is 0.339 e. The monoisotopic (exact) mass is 504 g/mol. The molecule has 0 unspecified atom stereocenters. The van der Waals surface area contributed by atoms with Gasteiger partial charge < -0.3 is 4.18 Å².